The van der Waals surface area contributed by atoms with Gasteiger partial charge in [0.15, 0.2) is 0 Å². The van der Waals surface area contributed by atoms with Gasteiger partial charge in [0.1, 0.15) is 11.5 Å². The number of nitrogens with zero attached hydrogens (tertiary/aromatic N) is 2. The topological polar surface area (TPSA) is 145 Å². The predicted molar refractivity (Wildman–Crippen MR) is 193 cm³/mol. The summed E-state index contributed by atoms with van der Waals surface area (Å²) in [6, 6.07) is 9.08. The van der Waals surface area contributed by atoms with Crippen LogP contribution in [-0.2, 0) is 26.4 Å². The first-order chi connectivity index (χ1) is 21.0. The second kappa shape index (κ2) is 19.3. The van der Waals surface area contributed by atoms with E-state index in [1.165, 1.54) is 10.4 Å². The zero-order valence-corrected chi connectivity index (χ0v) is 33.4. The van der Waals surface area contributed by atoms with E-state index in [0.29, 0.717) is 11.5 Å². The van der Waals surface area contributed by atoms with Gasteiger partial charge in [-0.25, -0.2) is 0 Å². The van der Waals surface area contributed by atoms with Gasteiger partial charge >= 0.3 is 16.8 Å². The molecule has 0 aromatic heterocycles. The quantitative estimate of drug-likeness (QED) is 0.296. The van der Waals surface area contributed by atoms with Gasteiger partial charge in [0.2, 0.25) is 0 Å². The molecule has 2 N–H and O–H groups in total. The zero-order chi connectivity index (χ0) is 35.6. The second-order valence-electron chi connectivity index (χ2n) is 14.8. The molecule has 0 bridgehead atoms. The van der Waals surface area contributed by atoms with Crippen LogP contribution in [0.3, 0.4) is 0 Å². The van der Waals surface area contributed by atoms with Gasteiger partial charge in [-0.2, -0.15) is 0 Å². The molecule has 0 amide bonds. The summed E-state index contributed by atoms with van der Waals surface area (Å²) in [7, 11) is -3.06. The Balaban J connectivity index is 0.00000211. The van der Waals surface area contributed by atoms with Gasteiger partial charge in [0, 0.05) is 35.5 Å². The van der Waals surface area contributed by atoms with Crippen LogP contribution in [0.15, 0.2) is 34.3 Å². The van der Waals surface area contributed by atoms with E-state index in [2.05, 4.69) is 91.2 Å². The number of phenolic OH excluding ortho intramolecular Hbond substituents is 2. The minimum absolute atomic E-state index is 0. The number of carbonyl (C=O) groups excluding carboxylic acids is 2. The first kappa shape index (κ1) is 44.3. The Morgan fingerprint density at radius 3 is 1.28 bits per heavy atom. The molecule has 0 aliphatic heterocycles. The predicted octanol–water partition coefficient (Wildman–Crippen LogP) is 4.79. The fourth-order valence-electron chi connectivity index (χ4n) is 5.08. The fraction of sp³-hybridized carbons (Fsp3) is 0.556. The number of aliphatic imine (C=N–C) groups is 2. The van der Waals surface area contributed by atoms with E-state index in [9.17, 15) is 10.2 Å². The molecule has 263 valence electrons. The number of carboxylic acids is 2. The van der Waals surface area contributed by atoms with Crippen molar-refractivity contribution in [1.29, 1.82) is 0 Å². The van der Waals surface area contributed by atoms with Crippen LogP contribution in [0.1, 0.15) is 101 Å². The molecule has 2 aromatic rings. The average molecular weight is 728 g/mol. The molecule has 1 fully saturated rings. The van der Waals surface area contributed by atoms with Crippen LogP contribution >= 0.6 is 0 Å². The maximum atomic E-state index is 11.0. The number of hydrogen-bond donors (Lipinski definition) is 2. The minimum Gasteiger partial charge on any atom is -0.550 e. The minimum atomic E-state index is -1.53. The van der Waals surface area contributed by atoms with Crippen LogP contribution in [0.25, 0.3) is 0 Å². The number of carboxylic acid groups (broad SMARTS) is 2. The van der Waals surface area contributed by atoms with Crippen molar-refractivity contribution >= 4 is 50.9 Å². The van der Waals surface area contributed by atoms with E-state index in [4.69, 9.17) is 29.8 Å². The fourth-order valence-corrected chi connectivity index (χ4v) is 7.44. The van der Waals surface area contributed by atoms with Crippen LogP contribution in [0.2, 0.25) is 39.3 Å². The van der Waals surface area contributed by atoms with Crippen molar-refractivity contribution < 1.29 is 46.8 Å². The Labute approximate surface area is 295 Å². The smallest absolute Gasteiger partial charge is 0.550 e. The second-order valence-corrected chi connectivity index (χ2v) is 25.0. The number of benzene rings is 2. The normalized spacial score (nSPS) is 16.7. The summed E-state index contributed by atoms with van der Waals surface area (Å²) in [4.78, 5) is 27.7. The Hall–Kier alpha value is -2.74. The number of aliphatic carboxylic acids is 2. The van der Waals surface area contributed by atoms with Crippen molar-refractivity contribution in [2.45, 2.75) is 130 Å². The average Bonchev–Trinajstić information content (AvgIpc) is 2.90. The third-order valence-corrected chi connectivity index (χ3v) is 11.8. The molecule has 2 aromatic carbocycles. The summed E-state index contributed by atoms with van der Waals surface area (Å²) in [6.07, 6.45) is 7.87. The molecule has 2 unspecified atom stereocenters. The summed E-state index contributed by atoms with van der Waals surface area (Å²) < 4.78 is 0. The zero-order valence-electron chi connectivity index (χ0n) is 30.4. The molecule has 11 heteroatoms. The maximum absolute atomic E-state index is 11.0. The number of carbonyl (C=O) groups is 2. The third-order valence-electron chi connectivity index (χ3n) is 7.78. The van der Waals surface area contributed by atoms with Crippen molar-refractivity contribution in [1.82, 2.24) is 0 Å². The van der Waals surface area contributed by atoms with Gasteiger partial charge in [0.25, 0.3) is 0 Å². The Kier molecular flexibility index (Phi) is 18.2. The molecule has 0 spiro atoms. The Morgan fingerprint density at radius 2 is 1.02 bits per heavy atom. The van der Waals surface area contributed by atoms with Crippen molar-refractivity contribution in [3.63, 3.8) is 0 Å². The van der Waals surface area contributed by atoms with Crippen LogP contribution in [0.5, 0.6) is 11.5 Å². The summed E-state index contributed by atoms with van der Waals surface area (Å²) in [5, 5.41) is 42.5. The summed E-state index contributed by atoms with van der Waals surface area (Å²) >= 11 is 0. The van der Waals surface area contributed by atoms with E-state index in [1.807, 2.05) is 12.4 Å². The molecule has 1 radical (unpaired) electrons. The molecule has 1 aliphatic carbocycles. The molecule has 0 heterocycles. The number of rotatable bonds is 8. The Morgan fingerprint density at radius 1 is 0.723 bits per heavy atom. The van der Waals surface area contributed by atoms with Gasteiger partial charge in [-0.15, -0.1) is 0 Å². The molecular formula is C36H56CoN2O6Si2. The van der Waals surface area contributed by atoms with Gasteiger partial charge in [0.05, 0.1) is 28.2 Å². The van der Waals surface area contributed by atoms with Crippen molar-refractivity contribution in [3.8, 4) is 11.5 Å². The van der Waals surface area contributed by atoms with Gasteiger partial charge < -0.3 is 30.0 Å². The van der Waals surface area contributed by atoms with Crippen LogP contribution in [0.4, 0.5) is 0 Å². The SMILES string of the molecule is CC(=O)[O-].CC(=O)[O-].CC(C)c1cc([Si](C)(C)C)cc(C=NC2CCCC(N=Cc3cc([Si](C)(C)C)cc(C(C)C)c3O)C2)c1O.[Co+2]. The van der Waals surface area contributed by atoms with Crippen molar-refractivity contribution in [2.75, 3.05) is 0 Å². The van der Waals surface area contributed by atoms with E-state index < -0.39 is 28.1 Å². The maximum Gasteiger partial charge on any atom is 2.00 e. The van der Waals surface area contributed by atoms with Crippen molar-refractivity contribution in [2.24, 2.45) is 9.98 Å². The number of aromatic hydroxyl groups is 2. The summed E-state index contributed by atoms with van der Waals surface area (Å²) in [5.74, 6) is -0.900. The summed E-state index contributed by atoms with van der Waals surface area (Å²) in [6.45, 7) is 24.5. The number of phenols is 2. The standard InChI is InChI=1S/C32H50N2O2Si2.2C2H4O2.Co/c1-21(2)29-17-27(37(5,6)7)14-23(31(29)35)19-33-25-12-11-13-26(16-25)34-20-24-15-28(38(8,9)10)18-30(22(3)4)32(24)36;2*1-2(3)4;/h14-15,17-22,25-26,35-36H,11-13,16H2,1-10H3;2*1H3,(H,3,4);/q;;;+2/p-2. The van der Waals surface area contributed by atoms with Crippen LogP contribution < -0.4 is 20.6 Å². The molecule has 47 heavy (non-hydrogen) atoms. The molecule has 3 rings (SSSR count). The summed E-state index contributed by atoms with van der Waals surface area (Å²) in [5.41, 5.74) is 3.71. The molecule has 1 aliphatic rings. The number of hydrogen-bond acceptors (Lipinski definition) is 8. The molecular weight excluding hydrogens is 672 g/mol. The van der Waals surface area contributed by atoms with Crippen LogP contribution in [-0.4, -0.2) is 62.8 Å². The third kappa shape index (κ3) is 15.4. The van der Waals surface area contributed by atoms with E-state index in [-0.39, 0.29) is 40.7 Å². The largest absolute Gasteiger partial charge is 2.00 e. The van der Waals surface area contributed by atoms with Gasteiger partial charge in [-0.05, 0) is 62.5 Å². The first-order valence-corrected chi connectivity index (χ1v) is 23.2. The van der Waals surface area contributed by atoms with Crippen LogP contribution in [0, 0.1) is 0 Å². The molecule has 1 saturated carbocycles. The molecule has 2 atom stereocenters. The molecule has 8 nitrogen and oxygen atoms in total. The Bertz CT molecular complexity index is 1280. The van der Waals surface area contributed by atoms with Crippen molar-refractivity contribution in [3.05, 3.63) is 46.5 Å². The van der Waals surface area contributed by atoms with Gasteiger partial charge in [-0.1, -0.05) is 102 Å². The monoisotopic (exact) mass is 727 g/mol. The van der Waals surface area contributed by atoms with E-state index in [1.54, 1.807) is 0 Å². The van der Waals surface area contributed by atoms with E-state index in [0.717, 1.165) is 61.8 Å². The first-order valence-electron chi connectivity index (χ1n) is 16.2. The van der Waals surface area contributed by atoms with Gasteiger partial charge in [-0.3, -0.25) is 9.98 Å². The van der Waals surface area contributed by atoms with E-state index >= 15 is 0 Å². The molecule has 0 saturated heterocycles.